The van der Waals surface area contributed by atoms with E-state index in [0.717, 1.165) is 25.9 Å². The maximum atomic E-state index is 11.0. The SMILES string of the molecule is CCN(CC)C1(CC(=O)O)CCCCC1. The van der Waals surface area contributed by atoms with E-state index in [4.69, 9.17) is 5.11 Å². The number of hydrogen-bond donors (Lipinski definition) is 1. The van der Waals surface area contributed by atoms with Gasteiger partial charge >= 0.3 is 5.97 Å². The first-order chi connectivity index (χ1) is 7.14. The summed E-state index contributed by atoms with van der Waals surface area (Å²) in [5.74, 6) is -0.649. The summed E-state index contributed by atoms with van der Waals surface area (Å²) < 4.78 is 0. The smallest absolute Gasteiger partial charge is 0.305 e. The number of rotatable bonds is 5. The Labute approximate surface area is 92.5 Å². The van der Waals surface area contributed by atoms with Gasteiger partial charge in [-0.15, -0.1) is 0 Å². The molecule has 1 fully saturated rings. The number of carboxylic acid groups (broad SMARTS) is 1. The first-order valence-corrected chi connectivity index (χ1v) is 6.11. The second kappa shape index (κ2) is 5.50. The van der Waals surface area contributed by atoms with Crippen LogP contribution in [0.2, 0.25) is 0 Å². The average molecular weight is 213 g/mol. The molecule has 3 heteroatoms. The van der Waals surface area contributed by atoms with Crippen molar-refractivity contribution in [1.29, 1.82) is 0 Å². The van der Waals surface area contributed by atoms with E-state index in [1.54, 1.807) is 0 Å². The molecule has 0 aromatic rings. The van der Waals surface area contributed by atoms with Gasteiger partial charge in [-0.2, -0.15) is 0 Å². The van der Waals surface area contributed by atoms with Gasteiger partial charge in [0.05, 0.1) is 6.42 Å². The first kappa shape index (κ1) is 12.5. The highest BCUT2D eigenvalue weighted by atomic mass is 16.4. The highest BCUT2D eigenvalue weighted by molar-refractivity contribution is 5.68. The average Bonchev–Trinajstić information content (AvgIpc) is 2.19. The summed E-state index contributed by atoms with van der Waals surface area (Å²) in [5, 5.41) is 9.04. The standard InChI is InChI=1S/C12H23NO2/c1-3-13(4-2)12(10-11(14)15)8-6-5-7-9-12/h3-10H2,1-2H3,(H,14,15). The van der Waals surface area contributed by atoms with E-state index in [2.05, 4.69) is 18.7 Å². The van der Waals surface area contributed by atoms with E-state index in [9.17, 15) is 4.79 Å². The Morgan fingerprint density at radius 3 is 2.13 bits per heavy atom. The molecule has 1 aliphatic rings. The van der Waals surface area contributed by atoms with Gasteiger partial charge in [-0.3, -0.25) is 9.69 Å². The molecule has 1 rings (SSSR count). The van der Waals surface area contributed by atoms with Gasteiger partial charge in [-0.1, -0.05) is 33.1 Å². The summed E-state index contributed by atoms with van der Waals surface area (Å²) in [6.07, 6.45) is 6.06. The second-order valence-electron chi connectivity index (χ2n) is 4.53. The van der Waals surface area contributed by atoms with Crippen LogP contribution in [0.4, 0.5) is 0 Å². The number of carbonyl (C=O) groups is 1. The van der Waals surface area contributed by atoms with E-state index < -0.39 is 5.97 Å². The molecule has 0 spiro atoms. The molecule has 0 saturated heterocycles. The molecule has 0 aromatic heterocycles. The third kappa shape index (κ3) is 2.94. The van der Waals surface area contributed by atoms with Crippen LogP contribution in [-0.2, 0) is 4.79 Å². The van der Waals surface area contributed by atoms with Crippen molar-refractivity contribution in [2.45, 2.75) is 57.9 Å². The van der Waals surface area contributed by atoms with E-state index in [-0.39, 0.29) is 5.54 Å². The second-order valence-corrected chi connectivity index (χ2v) is 4.53. The maximum Gasteiger partial charge on any atom is 0.305 e. The predicted molar refractivity (Wildman–Crippen MR) is 61.0 cm³/mol. The van der Waals surface area contributed by atoms with Crippen LogP contribution in [0, 0.1) is 0 Å². The Morgan fingerprint density at radius 2 is 1.73 bits per heavy atom. The third-order valence-corrected chi connectivity index (χ3v) is 3.70. The Bertz CT molecular complexity index is 206. The maximum absolute atomic E-state index is 11.0. The van der Waals surface area contributed by atoms with E-state index >= 15 is 0 Å². The Balaban J connectivity index is 2.77. The number of aliphatic carboxylic acids is 1. The Hall–Kier alpha value is -0.570. The van der Waals surface area contributed by atoms with Gasteiger partial charge < -0.3 is 5.11 Å². The molecule has 0 bridgehead atoms. The molecule has 0 aliphatic heterocycles. The molecule has 3 nitrogen and oxygen atoms in total. The summed E-state index contributed by atoms with van der Waals surface area (Å²) in [7, 11) is 0. The van der Waals surface area contributed by atoms with Crippen LogP contribution in [0.1, 0.15) is 52.4 Å². The van der Waals surface area contributed by atoms with Crippen molar-refractivity contribution in [3.05, 3.63) is 0 Å². The molecule has 1 aliphatic carbocycles. The zero-order valence-corrected chi connectivity index (χ0v) is 9.96. The molecule has 0 atom stereocenters. The van der Waals surface area contributed by atoms with Crippen molar-refractivity contribution >= 4 is 5.97 Å². The summed E-state index contributed by atoms with van der Waals surface area (Å²) in [6.45, 7) is 6.18. The molecule has 1 N–H and O–H groups in total. The summed E-state index contributed by atoms with van der Waals surface area (Å²) in [6, 6.07) is 0. The lowest BCUT2D eigenvalue weighted by Gasteiger charge is -2.45. The molecule has 15 heavy (non-hydrogen) atoms. The van der Waals surface area contributed by atoms with E-state index in [1.165, 1.54) is 19.3 Å². The molecular weight excluding hydrogens is 190 g/mol. The lowest BCUT2D eigenvalue weighted by atomic mass is 9.78. The lowest BCUT2D eigenvalue weighted by Crippen LogP contribution is -2.51. The molecular formula is C12H23NO2. The van der Waals surface area contributed by atoms with Gasteiger partial charge in [-0.25, -0.2) is 0 Å². The monoisotopic (exact) mass is 213 g/mol. The van der Waals surface area contributed by atoms with Crippen LogP contribution in [0.25, 0.3) is 0 Å². The molecule has 88 valence electrons. The van der Waals surface area contributed by atoms with Gasteiger partial charge in [0.15, 0.2) is 0 Å². The normalized spacial score (nSPS) is 20.5. The molecule has 0 aromatic carbocycles. The first-order valence-electron chi connectivity index (χ1n) is 6.11. The minimum Gasteiger partial charge on any atom is -0.481 e. The van der Waals surface area contributed by atoms with Crippen molar-refractivity contribution in [2.24, 2.45) is 0 Å². The van der Waals surface area contributed by atoms with Crippen molar-refractivity contribution in [1.82, 2.24) is 4.90 Å². The van der Waals surface area contributed by atoms with Crippen molar-refractivity contribution in [2.75, 3.05) is 13.1 Å². The van der Waals surface area contributed by atoms with Crippen molar-refractivity contribution in [3.8, 4) is 0 Å². The zero-order valence-electron chi connectivity index (χ0n) is 9.96. The number of carboxylic acids is 1. The summed E-state index contributed by atoms with van der Waals surface area (Å²) in [5.41, 5.74) is -0.0480. The van der Waals surface area contributed by atoms with E-state index in [0.29, 0.717) is 6.42 Å². The van der Waals surface area contributed by atoms with Crippen LogP contribution in [0.3, 0.4) is 0 Å². The summed E-state index contributed by atoms with van der Waals surface area (Å²) in [4.78, 5) is 13.3. The summed E-state index contributed by atoms with van der Waals surface area (Å²) >= 11 is 0. The van der Waals surface area contributed by atoms with Gasteiger partial charge in [0, 0.05) is 5.54 Å². The van der Waals surface area contributed by atoms with Crippen molar-refractivity contribution in [3.63, 3.8) is 0 Å². The van der Waals surface area contributed by atoms with Crippen LogP contribution in [0.15, 0.2) is 0 Å². The van der Waals surface area contributed by atoms with Crippen LogP contribution in [-0.4, -0.2) is 34.6 Å². The van der Waals surface area contributed by atoms with Crippen molar-refractivity contribution < 1.29 is 9.90 Å². The van der Waals surface area contributed by atoms with Crippen LogP contribution >= 0.6 is 0 Å². The zero-order chi connectivity index (χ0) is 11.3. The third-order valence-electron chi connectivity index (χ3n) is 3.70. The topological polar surface area (TPSA) is 40.5 Å². The van der Waals surface area contributed by atoms with Gasteiger partial charge in [0.2, 0.25) is 0 Å². The van der Waals surface area contributed by atoms with Crippen LogP contribution in [0.5, 0.6) is 0 Å². The number of hydrogen-bond acceptors (Lipinski definition) is 2. The molecule has 0 amide bonds. The predicted octanol–water partition coefficient (Wildman–Crippen LogP) is 2.51. The fraction of sp³-hybridized carbons (Fsp3) is 0.917. The molecule has 1 saturated carbocycles. The van der Waals surface area contributed by atoms with Gasteiger partial charge in [-0.05, 0) is 25.9 Å². The molecule has 0 radical (unpaired) electrons. The van der Waals surface area contributed by atoms with E-state index in [1.807, 2.05) is 0 Å². The highest BCUT2D eigenvalue weighted by Crippen LogP contribution is 2.36. The van der Waals surface area contributed by atoms with Gasteiger partial charge in [0.1, 0.15) is 0 Å². The van der Waals surface area contributed by atoms with Crippen LogP contribution < -0.4 is 0 Å². The highest BCUT2D eigenvalue weighted by Gasteiger charge is 2.38. The van der Waals surface area contributed by atoms with Gasteiger partial charge in [0.25, 0.3) is 0 Å². The number of nitrogens with zero attached hydrogens (tertiary/aromatic N) is 1. The minimum absolute atomic E-state index is 0.0480. The fourth-order valence-electron chi connectivity index (χ4n) is 2.99. The minimum atomic E-state index is -0.649. The fourth-order valence-corrected chi connectivity index (χ4v) is 2.99. The quantitative estimate of drug-likeness (QED) is 0.763. The Kier molecular flexibility index (Phi) is 4.58. The molecule has 0 heterocycles. The molecule has 0 unspecified atom stereocenters. The largest absolute Gasteiger partial charge is 0.481 e. The Morgan fingerprint density at radius 1 is 1.20 bits per heavy atom. The lowest BCUT2D eigenvalue weighted by molar-refractivity contribution is -0.141.